The lowest BCUT2D eigenvalue weighted by molar-refractivity contribution is -0.277. The number of phenolic OH excluding ortho intramolecular Hbond substituents is 2. The van der Waals surface area contributed by atoms with Crippen molar-refractivity contribution in [2.45, 2.75) is 30.7 Å². The maximum Gasteiger partial charge on any atom is 0.229 e. The third kappa shape index (κ3) is 4.19. The summed E-state index contributed by atoms with van der Waals surface area (Å²) in [5.74, 6) is -0.353. The van der Waals surface area contributed by atoms with Crippen LogP contribution in [0.5, 0.6) is 23.0 Å². The Balaban J connectivity index is 1.72. The van der Waals surface area contributed by atoms with Crippen LogP contribution in [-0.2, 0) is 4.74 Å². The number of hydrogen-bond acceptors (Lipinski definition) is 11. The van der Waals surface area contributed by atoms with E-state index in [9.17, 15) is 35.4 Å². The van der Waals surface area contributed by atoms with Crippen molar-refractivity contribution in [3.05, 3.63) is 46.6 Å². The average molecular weight is 462 g/mol. The summed E-state index contributed by atoms with van der Waals surface area (Å²) < 4.78 is 21.7. The van der Waals surface area contributed by atoms with Crippen molar-refractivity contribution in [3.8, 4) is 34.3 Å². The third-order valence-electron chi connectivity index (χ3n) is 5.35. The van der Waals surface area contributed by atoms with Gasteiger partial charge in [-0.3, -0.25) is 4.79 Å². The Labute approximate surface area is 186 Å². The van der Waals surface area contributed by atoms with Crippen molar-refractivity contribution >= 4 is 11.0 Å². The molecule has 0 amide bonds. The first-order valence-corrected chi connectivity index (χ1v) is 9.89. The standard InChI is InChI=1S/C22H22O11/c1-30-15-4-9(2-3-11(15)24)14-7-13(26)18-12(25)5-10(6-16(18)32-14)31-22-21(29)20(28)19(27)17(8-23)33-22/h2-7,17,19-25,27-29H,8H2,1H3/t17-,19-,20+,21-,22+/m1/s1. The predicted molar refractivity (Wildman–Crippen MR) is 112 cm³/mol. The first kappa shape index (κ1) is 22.8. The summed E-state index contributed by atoms with van der Waals surface area (Å²) in [6.45, 7) is -0.637. The lowest BCUT2D eigenvalue weighted by Gasteiger charge is -2.39. The van der Waals surface area contributed by atoms with E-state index in [0.717, 1.165) is 6.07 Å². The Morgan fingerprint density at radius 1 is 0.970 bits per heavy atom. The Kier molecular flexibility index (Phi) is 6.15. The zero-order chi connectivity index (χ0) is 23.9. The highest BCUT2D eigenvalue weighted by Gasteiger charge is 2.44. The number of ether oxygens (including phenoxy) is 3. The molecule has 1 aliphatic rings. The molecule has 0 bridgehead atoms. The van der Waals surface area contributed by atoms with Crippen LogP contribution in [-0.4, -0.2) is 75.1 Å². The molecule has 0 radical (unpaired) electrons. The Morgan fingerprint density at radius 3 is 2.42 bits per heavy atom. The van der Waals surface area contributed by atoms with Crippen LogP contribution in [0.4, 0.5) is 0 Å². The lowest BCUT2D eigenvalue weighted by Crippen LogP contribution is -2.60. The van der Waals surface area contributed by atoms with Crippen LogP contribution in [0.3, 0.4) is 0 Å². The summed E-state index contributed by atoms with van der Waals surface area (Å²) in [5, 5.41) is 59.3. The van der Waals surface area contributed by atoms with E-state index in [1.165, 1.54) is 37.4 Å². The van der Waals surface area contributed by atoms with E-state index in [4.69, 9.17) is 18.6 Å². The Bertz CT molecular complexity index is 1220. The van der Waals surface area contributed by atoms with Gasteiger partial charge in [0, 0.05) is 23.8 Å². The second kappa shape index (κ2) is 8.89. The fourth-order valence-electron chi connectivity index (χ4n) is 3.58. The number of rotatable bonds is 5. The lowest BCUT2D eigenvalue weighted by atomic mass is 9.99. The first-order chi connectivity index (χ1) is 15.7. The maximum atomic E-state index is 12.6. The molecule has 0 spiro atoms. The van der Waals surface area contributed by atoms with Crippen LogP contribution in [0.25, 0.3) is 22.3 Å². The highest BCUT2D eigenvalue weighted by molar-refractivity contribution is 5.86. The summed E-state index contributed by atoms with van der Waals surface area (Å²) >= 11 is 0. The van der Waals surface area contributed by atoms with Crippen LogP contribution in [0, 0.1) is 0 Å². The van der Waals surface area contributed by atoms with Gasteiger partial charge in [0.05, 0.1) is 13.7 Å². The summed E-state index contributed by atoms with van der Waals surface area (Å²) in [6, 6.07) is 7.90. The van der Waals surface area contributed by atoms with Gasteiger partial charge < -0.3 is 49.3 Å². The number of phenols is 2. The van der Waals surface area contributed by atoms with E-state index >= 15 is 0 Å². The zero-order valence-corrected chi connectivity index (χ0v) is 17.3. The minimum absolute atomic E-state index is 0.0517. The monoisotopic (exact) mass is 462 g/mol. The zero-order valence-electron chi connectivity index (χ0n) is 17.3. The fourth-order valence-corrected chi connectivity index (χ4v) is 3.58. The van der Waals surface area contributed by atoms with Gasteiger partial charge in [-0.2, -0.15) is 0 Å². The number of methoxy groups -OCH3 is 1. The smallest absolute Gasteiger partial charge is 0.229 e. The van der Waals surface area contributed by atoms with Crippen LogP contribution in [0.1, 0.15) is 0 Å². The number of aromatic hydroxyl groups is 2. The molecule has 1 aromatic heterocycles. The molecule has 5 atom stereocenters. The van der Waals surface area contributed by atoms with Gasteiger partial charge in [0.15, 0.2) is 16.9 Å². The molecule has 11 heteroatoms. The number of aliphatic hydroxyl groups excluding tert-OH is 4. The van der Waals surface area contributed by atoms with Gasteiger partial charge in [0.2, 0.25) is 6.29 Å². The molecule has 11 nitrogen and oxygen atoms in total. The van der Waals surface area contributed by atoms with Crippen LogP contribution < -0.4 is 14.9 Å². The highest BCUT2D eigenvalue weighted by atomic mass is 16.7. The quantitative estimate of drug-likeness (QED) is 0.302. The van der Waals surface area contributed by atoms with E-state index in [0.29, 0.717) is 5.56 Å². The first-order valence-electron chi connectivity index (χ1n) is 9.89. The SMILES string of the molecule is COc1cc(-c2cc(=O)c3c(O)cc(O[C@H]4O[C@H](CO)[C@@H](O)[C@H](O)[C@H]4O)cc3o2)ccc1O. The van der Waals surface area contributed by atoms with E-state index in [2.05, 4.69) is 0 Å². The van der Waals surface area contributed by atoms with E-state index in [-0.39, 0.29) is 34.0 Å². The molecule has 1 saturated heterocycles. The van der Waals surface area contributed by atoms with Crippen molar-refractivity contribution in [2.75, 3.05) is 13.7 Å². The molecule has 2 heterocycles. The van der Waals surface area contributed by atoms with Crippen LogP contribution in [0.15, 0.2) is 45.6 Å². The van der Waals surface area contributed by atoms with Crippen molar-refractivity contribution in [1.82, 2.24) is 0 Å². The third-order valence-corrected chi connectivity index (χ3v) is 5.35. The van der Waals surface area contributed by atoms with Gasteiger partial charge in [-0.15, -0.1) is 0 Å². The van der Waals surface area contributed by atoms with Crippen molar-refractivity contribution in [1.29, 1.82) is 0 Å². The summed E-state index contributed by atoms with van der Waals surface area (Å²) in [5.41, 5.74) is -0.178. The van der Waals surface area contributed by atoms with Gasteiger partial charge in [-0.25, -0.2) is 0 Å². The van der Waals surface area contributed by atoms with Crippen LogP contribution >= 0.6 is 0 Å². The minimum Gasteiger partial charge on any atom is -0.507 e. The normalized spacial score (nSPS) is 25.2. The van der Waals surface area contributed by atoms with Gasteiger partial charge in [0.25, 0.3) is 0 Å². The Morgan fingerprint density at radius 2 is 1.73 bits per heavy atom. The molecule has 6 N–H and O–H groups in total. The Hall–Kier alpha value is -3.35. The summed E-state index contributed by atoms with van der Waals surface area (Å²) in [4.78, 5) is 12.6. The van der Waals surface area contributed by atoms with E-state index < -0.39 is 48.5 Å². The highest BCUT2D eigenvalue weighted by Crippen LogP contribution is 2.35. The molecule has 3 aromatic rings. The molecule has 1 fully saturated rings. The predicted octanol–water partition coefficient (Wildman–Crippen LogP) is 0.0585. The summed E-state index contributed by atoms with van der Waals surface area (Å²) in [7, 11) is 1.37. The van der Waals surface area contributed by atoms with Crippen molar-refractivity contribution < 1.29 is 49.3 Å². The van der Waals surface area contributed by atoms with E-state index in [1.807, 2.05) is 0 Å². The molecule has 33 heavy (non-hydrogen) atoms. The number of benzene rings is 2. The number of fused-ring (bicyclic) bond motifs is 1. The van der Waals surface area contributed by atoms with Gasteiger partial charge >= 0.3 is 0 Å². The van der Waals surface area contributed by atoms with Gasteiger partial charge in [0.1, 0.15) is 52.6 Å². The minimum atomic E-state index is -1.66. The molecule has 2 aromatic carbocycles. The topological polar surface area (TPSA) is 179 Å². The largest absolute Gasteiger partial charge is 0.507 e. The van der Waals surface area contributed by atoms with E-state index in [1.54, 1.807) is 0 Å². The average Bonchev–Trinajstić information content (AvgIpc) is 2.79. The second-order valence-electron chi connectivity index (χ2n) is 7.49. The van der Waals surface area contributed by atoms with Crippen LogP contribution in [0.2, 0.25) is 0 Å². The molecule has 4 rings (SSSR count). The molecule has 176 valence electrons. The second-order valence-corrected chi connectivity index (χ2v) is 7.49. The van der Waals surface area contributed by atoms with Crippen molar-refractivity contribution in [2.24, 2.45) is 0 Å². The maximum absolute atomic E-state index is 12.6. The van der Waals surface area contributed by atoms with Gasteiger partial charge in [-0.1, -0.05) is 0 Å². The number of hydrogen-bond donors (Lipinski definition) is 6. The fraction of sp³-hybridized carbons (Fsp3) is 0.318. The molecule has 0 aliphatic carbocycles. The van der Waals surface area contributed by atoms with Crippen molar-refractivity contribution in [3.63, 3.8) is 0 Å². The molecule has 0 unspecified atom stereocenters. The molecule has 0 saturated carbocycles. The molecular formula is C22H22O11. The number of aliphatic hydroxyl groups is 4. The molecular weight excluding hydrogens is 440 g/mol. The summed E-state index contributed by atoms with van der Waals surface area (Å²) in [6.07, 6.45) is -7.55. The molecule has 1 aliphatic heterocycles. The van der Waals surface area contributed by atoms with Gasteiger partial charge in [-0.05, 0) is 18.2 Å².